The predicted octanol–water partition coefficient (Wildman–Crippen LogP) is 7.61. The largest absolute Gasteiger partial charge is 0.447 e. The van der Waals surface area contributed by atoms with Gasteiger partial charge in [-0.1, -0.05) is 109 Å². The molecule has 2 amide bonds. The molecule has 8 heteroatoms. The maximum absolute atomic E-state index is 12.1. The lowest BCUT2D eigenvalue weighted by molar-refractivity contribution is -0.701. The van der Waals surface area contributed by atoms with Crippen LogP contribution in [0.3, 0.4) is 0 Å². The Labute approximate surface area is 250 Å². The molecule has 0 aliphatic rings. The van der Waals surface area contributed by atoms with E-state index in [0.717, 1.165) is 25.1 Å². The number of aryl methyl sites for hydroxylation is 1. The summed E-state index contributed by atoms with van der Waals surface area (Å²) < 4.78 is 18.2. The van der Waals surface area contributed by atoms with Gasteiger partial charge in [-0.2, -0.15) is 0 Å². The second-order valence-electron chi connectivity index (χ2n) is 10.8. The highest BCUT2D eigenvalue weighted by atomic mass is 16.6. The summed E-state index contributed by atoms with van der Waals surface area (Å²) in [5.41, 5.74) is 0.984. The van der Waals surface area contributed by atoms with Crippen molar-refractivity contribution in [3.63, 3.8) is 0 Å². The summed E-state index contributed by atoms with van der Waals surface area (Å²) in [6.45, 7) is 8.43. The van der Waals surface area contributed by atoms with E-state index in [-0.39, 0.29) is 13.2 Å². The van der Waals surface area contributed by atoms with Crippen LogP contribution in [0.2, 0.25) is 0 Å². The third-order valence-corrected chi connectivity index (χ3v) is 7.29. The van der Waals surface area contributed by atoms with E-state index in [1.54, 1.807) is 0 Å². The van der Waals surface area contributed by atoms with Gasteiger partial charge in [0.05, 0.1) is 0 Å². The molecule has 0 saturated heterocycles. The zero-order chi connectivity index (χ0) is 29.8. The van der Waals surface area contributed by atoms with Gasteiger partial charge in [-0.25, -0.2) is 14.2 Å². The van der Waals surface area contributed by atoms with Crippen LogP contribution in [0.5, 0.6) is 0 Å². The molecular weight excluding hydrogens is 518 g/mol. The summed E-state index contributed by atoms with van der Waals surface area (Å²) in [4.78, 5) is 24.2. The standard InChI is InChI=1S/C33H59N3O5/c1-4-7-8-9-10-11-12-13-14-15-16-17-18-19-20-22-25-34-32(37)40-28-31(39-6-3)29-41-33(38)35-27-30-24-21-23-26-36(30)5-2/h21,23-24,26,31H,4-20,22,25,27-29H2,1-3H3,(H-,34,35,37,38)/p+1. The van der Waals surface area contributed by atoms with Crippen LogP contribution < -0.4 is 15.2 Å². The van der Waals surface area contributed by atoms with E-state index in [1.165, 1.54) is 89.9 Å². The number of hydrogen-bond donors (Lipinski definition) is 2. The molecule has 8 nitrogen and oxygen atoms in total. The van der Waals surface area contributed by atoms with Crippen molar-refractivity contribution in [1.29, 1.82) is 0 Å². The van der Waals surface area contributed by atoms with Crippen molar-refractivity contribution >= 4 is 12.2 Å². The fourth-order valence-corrected chi connectivity index (χ4v) is 4.83. The van der Waals surface area contributed by atoms with Crippen LogP contribution in [0.15, 0.2) is 24.4 Å². The molecule has 1 aromatic rings. The molecule has 0 radical (unpaired) electrons. The molecule has 1 rings (SSSR count). The molecule has 2 N–H and O–H groups in total. The fraction of sp³-hybridized carbons (Fsp3) is 0.788. The number of pyridine rings is 1. The number of carbonyl (C=O) groups excluding carboxylic acids is 2. The first-order chi connectivity index (χ1) is 20.1. The summed E-state index contributed by atoms with van der Waals surface area (Å²) >= 11 is 0. The molecule has 1 aromatic heterocycles. The van der Waals surface area contributed by atoms with E-state index in [1.807, 2.05) is 38.2 Å². The predicted molar refractivity (Wildman–Crippen MR) is 165 cm³/mol. The summed E-state index contributed by atoms with van der Waals surface area (Å²) in [6.07, 6.45) is 21.6. The smallest absolute Gasteiger partial charge is 0.407 e. The van der Waals surface area contributed by atoms with Gasteiger partial charge in [0.2, 0.25) is 5.69 Å². The molecule has 1 heterocycles. The summed E-state index contributed by atoms with van der Waals surface area (Å²) in [5.74, 6) is 0. The number of aromatic nitrogens is 1. The second-order valence-corrected chi connectivity index (χ2v) is 10.8. The molecule has 0 aliphatic heterocycles. The van der Waals surface area contributed by atoms with Crippen LogP contribution >= 0.6 is 0 Å². The highest BCUT2D eigenvalue weighted by Crippen LogP contribution is 2.13. The maximum Gasteiger partial charge on any atom is 0.407 e. The van der Waals surface area contributed by atoms with Crippen LogP contribution in [0.4, 0.5) is 9.59 Å². The highest BCUT2D eigenvalue weighted by Gasteiger charge is 2.16. The Balaban J connectivity index is 1.99. The van der Waals surface area contributed by atoms with Gasteiger partial charge in [0.15, 0.2) is 6.20 Å². The summed E-state index contributed by atoms with van der Waals surface area (Å²) in [6, 6.07) is 5.84. The number of alkyl carbamates (subject to hydrolysis) is 2. The first-order valence-corrected chi connectivity index (χ1v) is 16.5. The van der Waals surface area contributed by atoms with Crippen molar-refractivity contribution in [3.05, 3.63) is 30.1 Å². The second kappa shape index (κ2) is 26.5. The molecule has 1 unspecified atom stereocenters. The van der Waals surface area contributed by atoms with Crippen LogP contribution in [-0.4, -0.2) is 44.7 Å². The Morgan fingerprint density at radius 1 is 0.707 bits per heavy atom. The molecule has 0 aliphatic carbocycles. The minimum atomic E-state index is -0.533. The van der Waals surface area contributed by atoms with Crippen molar-refractivity contribution in [3.8, 4) is 0 Å². The van der Waals surface area contributed by atoms with Crippen LogP contribution in [-0.2, 0) is 27.3 Å². The molecule has 41 heavy (non-hydrogen) atoms. The Morgan fingerprint density at radius 2 is 1.22 bits per heavy atom. The molecular formula is C33H60N3O5+. The Hall–Kier alpha value is -2.35. The van der Waals surface area contributed by atoms with E-state index < -0.39 is 18.3 Å². The van der Waals surface area contributed by atoms with E-state index in [9.17, 15) is 9.59 Å². The minimum absolute atomic E-state index is 0.00858. The van der Waals surface area contributed by atoms with Crippen molar-refractivity contribution < 1.29 is 28.4 Å². The Bertz CT molecular complexity index is 777. The topological polar surface area (TPSA) is 89.8 Å². The number of nitrogens with zero attached hydrogens (tertiary/aromatic N) is 1. The van der Waals surface area contributed by atoms with Crippen molar-refractivity contribution in [2.24, 2.45) is 0 Å². The van der Waals surface area contributed by atoms with Crippen LogP contribution in [0.25, 0.3) is 0 Å². The monoisotopic (exact) mass is 578 g/mol. The lowest BCUT2D eigenvalue weighted by Crippen LogP contribution is -2.40. The van der Waals surface area contributed by atoms with Gasteiger partial charge in [0, 0.05) is 25.3 Å². The van der Waals surface area contributed by atoms with Gasteiger partial charge in [-0.15, -0.1) is 0 Å². The zero-order valence-electron chi connectivity index (χ0n) is 26.4. The highest BCUT2D eigenvalue weighted by molar-refractivity contribution is 5.67. The molecule has 1 atom stereocenters. The normalized spacial score (nSPS) is 11.7. The maximum atomic E-state index is 12.1. The number of nitrogens with one attached hydrogen (secondary N) is 2. The molecule has 0 bridgehead atoms. The Kier molecular flexibility index (Phi) is 23.7. The van der Waals surface area contributed by atoms with Crippen molar-refractivity contribution in [2.75, 3.05) is 26.4 Å². The van der Waals surface area contributed by atoms with Crippen LogP contribution in [0, 0.1) is 0 Å². The number of hydrogen-bond acceptors (Lipinski definition) is 5. The lowest BCUT2D eigenvalue weighted by atomic mass is 10.0. The van der Waals surface area contributed by atoms with Gasteiger partial charge in [0.25, 0.3) is 0 Å². The van der Waals surface area contributed by atoms with E-state index in [0.29, 0.717) is 19.7 Å². The SMILES string of the molecule is CCCCCCCCCCCCCCCCCCNC(=O)OCC(COC(=O)NCc1cccc[n+]1CC)OCC. The van der Waals surface area contributed by atoms with E-state index in [4.69, 9.17) is 14.2 Å². The Morgan fingerprint density at radius 3 is 1.73 bits per heavy atom. The summed E-state index contributed by atoms with van der Waals surface area (Å²) in [7, 11) is 0. The van der Waals surface area contributed by atoms with Gasteiger partial charge in [-0.3, -0.25) is 0 Å². The summed E-state index contributed by atoms with van der Waals surface area (Å²) in [5, 5.41) is 5.56. The average molecular weight is 579 g/mol. The molecule has 0 spiro atoms. The van der Waals surface area contributed by atoms with E-state index in [2.05, 4.69) is 22.1 Å². The molecule has 236 valence electrons. The lowest BCUT2D eigenvalue weighted by Gasteiger charge is -2.17. The van der Waals surface area contributed by atoms with Gasteiger partial charge in [0.1, 0.15) is 32.4 Å². The first-order valence-electron chi connectivity index (χ1n) is 16.5. The first kappa shape index (κ1) is 36.7. The van der Waals surface area contributed by atoms with Crippen LogP contribution in [0.1, 0.15) is 129 Å². The molecule has 0 saturated carbocycles. The van der Waals surface area contributed by atoms with E-state index >= 15 is 0 Å². The number of rotatable bonds is 26. The minimum Gasteiger partial charge on any atom is -0.447 e. The fourth-order valence-electron chi connectivity index (χ4n) is 4.83. The quantitative estimate of drug-likeness (QED) is 0.0872. The third-order valence-electron chi connectivity index (χ3n) is 7.29. The average Bonchev–Trinajstić information content (AvgIpc) is 2.99. The van der Waals surface area contributed by atoms with Gasteiger partial charge >= 0.3 is 12.2 Å². The zero-order valence-corrected chi connectivity index (χ0v) is 26.4. The number of unbranched alkanes of at least 4 members (excludes halogenated alkanes) is 15. The number of carbonyl (C=O) groups is 2. The number of ether oxygens (including phenoxy) is 3. The van der Waals surface area contributed by atoms with Crippen molar-refractivity contribution in [2.45, 2.75) is 143 Å². The third kappa shape index (κ3) is 21.1. The molecule has 0 fully saturated rings. The van der Waals surface area contributed by atoms with Crippen molar-refractivity contribution in [1.82, 2.24) is 10.6 Å². The van der Waals surface area contributed by atoms with Gasteiger partial charge < -0.3 is 24.8 Å². The number of amides is 2. The molecule has 0 aromatic carbocycles. The van der Waals surface area contributed by atoms with Gasteiger partial charge in [-0.05, 0) is 20.3 Å².